The van der Waals surface area contributed by atoms with Crippen LogP contribution in [0, 0.1) is 5.41 Å². The van der Waals surface area contributed by atoms with Gasteiger partial charge in [0, 0.05) is 51.9 Å². The maximum absolute atomic E-state index is 12.1. The van der Waals surface area contributed by atoms with E-state index in [4.69, 9.17) is 4.74 Å². The molecule has 0 spiro atoms. The van der Waals surface area contributed by atoms with Crippen LogP contribution in [0.4, 0.5) is 0 Å². The molecule has 3 rings (SSSR count). The molecule has 0 aliphatic carbocycles. The van der Waals surface area contributed by atoms with Gasteiger partial charge in [-0.1, -0.05) is 6.92 Å². The molecule has 13 heteroatoms. The SMILES string of the molecule is CCCOC(C(CC(=O)O)N1CC1)(C(CC(=O)O)N1CC1)C(CO)(CO)C(O)C(CC(=O)O)N1CC1. The van der Waals surface area contributed by atoms with Gasteiger partial charge in [-0.2, -0.15) is 0 Å². The van der Waals surface area contributed by atoms with Crippen molar-refractivity contribution >= 4 is 17.9 Å². The van der Waals surface area contributed by atoms with Gasteiger partial charge in [-0.3, -0.25) is 29.1 Å². The number of aliphatic carboxylic acids is 3. The summed E-state index contributed by atoms with van der Waals surface area (Å²) in [5.41, 5.74) is -3.82. The van der Waals surface area contributed by atoms with Crippen molar-refractivity contribution in [2.75, 3.05) is 59.1 Å². The van der Waals surface area contributed by atoms with Crippen LogP contribution in [-0.4, -0.2) is 152 Å². The molecule has 3 aliphatic rings. The molecular formula is C23H39N3O10. The fourth-order valence-corrected chi connectivity index (χ4v) is 5.76. The number of carboxylic acid groups (broad SMARTS) is 3. The maximum Gasteiger partial charge on any atom is 0.305 e. The van der Waals surface area contributed by atoms with E-state index in [0.29, 0.717) is 45.7 Å². The highest BCUT2D eigenvalue weighted by Crippen LogP contribution is 2.51. The summed E-state index contributed by atoms with van der Waals surface area (Å²) in [6.45, 7) is 3.17. The van der Waals surface area contributed by atoms with E-state index in [-0.39, 0.29) is 6.61 Å². The van der Waals surface area contributed by atoms with Crippen LogP contribution < -0.4 is 0 Å². The van der Waals surface area contributed by atoms with Gasteiger partial charge in [0.25, 0.3) is 0 Å². The molecule has 0 aromatic carbocycles. The molecule has 0 saturated carbocycles. The number of hydrogen-bond acceptors (Lipinski definition) is 10. The number of nitrogens with zero attached hydrogens (tertiary/aromatic N) is 3. The second kappa shape index (κ2) is 11.7. The predicted octanol–water partition coefficient (Wildman–Crippen LogP) is -2.04. The summed E-state index contributed by atoms with van der Waals surface area (Å²) < 4.78 is 6.48. The van der Waals surface area contributed by atoms with Gasteiger partial charge < -0.3 is 35.4 Å². The zero-order valence-electron chi connectivity index (χ0n) is 20.7. The summed E-state index contributed by atoms with van der Waals surface area (Å²) in [7, 11) is 0. The van der Waals surface area contributed by atoms with Crippen molar-refractivity contribution in [1.29, 1.82) is 0 Å². The number of carbonyl (C=O) groups is 3. The van der Waals surface area contributed by atoms with Crippen molar-refractivity contribution in [2.45, 2.75) is 62.4 Å². The normalized spacial score (nSPS) is 23.3. The third-order valence-electron chi connectivity index (χ3n) is 7.72. The van der Waals surface area contributed by atoms with E-state index in [1.165, 1.54) is 0 Å². The Kier molecular flexibility index (Phi) is 9.30. The van der Waals surface area contributed by atoms with E-state index >= 15 is 0 Å². The lowest BCUT2D eigenvalue weighted by Crippen LogP contribution is -2.76. The van der Waals surface area contributed by atoms with Gasteiger partial charge in [-0.05, 0) is 6.42 Å². The number of ether oxygens (including phenoxy) is 1. The third kappa shape index (κ3) is 5.82. The topological polar surface area (TPSA) is 191 Å². The molecule has 36 heavy (non-hydrogen) atoms. The smallest absolute Gasteiger partial charge is 0.305 e. The molecule has 4 unspecified atom stereocenters. The molecule has 0 bridgehead atoms. The van der Waals surface area contributed by atoms with Crippen molar-refractivity contribution in [3.8, 4) is 0 Å². The second-order valence-electron chi connectivity index (χ2n) is 10.1. The van der Waals surface area contributed by atoms with Crippen LogP contribution in [0.2, 0.25) is 0 Å². The van der Waals surface area contributed by atoms with Gasteiger partial charge in [-0.15, -0.1) is 0 Å². The summed E-state index contributed by atoms with van der Waals surface area (Å²) in [6.07, 6.45) is -2.62. The van der Waals surface area contributed by atoms with Gasteiger partial charge in [0.05, 0.1) is 56.1 Å². The molecular weight excluding hydrogens is 478 g/mol. The summed E-state index contributed by atoms with van der Waals surface area (Å²) >= 11 is 0. The van der Waals surface area contributed by atoms with Crippen LogP contribution in [-0.2, 0) is 19.1 Å². The van der Waals surface area contributed by atoms with Gasteiger partial charge in [0.15, 0.2) is 0 Å². The lowest BCUT2D eigenvalue weighted by Gasteiger charge is -2.59. The third-order valence-corrected chi connectivity index (χ3v) is 7.72. The Labute approximate surface area is 209 Å². The Bertz CT molecular complexity index is 763. The van der Waals surface area contributed by atoms with Gasteiger partial charge >= 0.3 is 17.9 Å². The summed E-state index contributed by atoms with van der Waals surface area (Å²) in [5, 5.41) is 63.0. The fraction of sp³-hybridized carbons (Fsp3) is 0.870. The standard InChI is InChI=1S/C23H39N3O10/c1-2-9-36-23(16(11-19(31)32)25-5-6-25,17(12-20(33)34)26-7-8-26)22(13-27,14-28)21(35)15(10-18(29)30)24-3-4-24/h15-17,21,27-28,35H,2-14H2,1H3,(H,29,30)(H,31,32)(H,33,34). The second-order valence-corrected chi connectivity index (χ2v) is 10.1. The molecule has 3 heterocycles. The van der Waals surface area contributed by atoms with E-state index in [2.05, 4.69) is 0 Å². The van der Waals surface area contributed by atoms with Gasteiger partial charge in [0.2, 0.25) is 0 Å². The van der Waals surface area contributed by atoms with Crippen LogP contribution in [0.5, 0.6) is 0 Å². The molecule has 6 N–H and O–H groups in total. The average Bonchev–Trinajstić information content (AvgIpc) is 3.67. The summed E-state index contributed by atoms with van der Waals surface area (Å²) in [5.74, 6) is -3.54. The molecule has 3 aliphatic heterocycles. The first kappa shape index (κ1) is 28.7. The van der Waals surface area contributed by atoms with E-state index in [1.807, 2.05) is 6.92 Å². The molecule has 0 amide bonds. The predicted molar refractivity (Wildman–Crippen MR) is 124 cm³/mol. The van der Waals surface area contributed by atoms with Gasteiger partial charge in [0.1, 0.15) is 5.60 Å². The largest absolute Gasteiger partial charge is 0.481 e. The molecule has 13 nitrogen and oxygen atoms in total. The zero-order chi connectivity index (χ0) is 26.7. The van der Waals surface area contributed by atoms with Crippen LogP contribution >= 0.6 is 0 Å². The molecule has 0 aromatic heterocycles. The molecule has 0 aromatic rings. The van der Waals surface area contributed by atoms with Crippen LogP contribution in [0.25, 0.3) is 0 Å². The Morgan fingerprint density at radius 3 is 1.50 bits per heavy atom. The first-order valence-electron chi connectivity index (χ1n) is 12.5. The highest BCUT2D eigenvalue weighted by molar-refractivity contribution is 5.70. The van der Waals surface area contributed by atoms with Crippen LogP contribution in [0.1, 0.15) is 32.6 Å². The van der Waals surface area contributed by atoms with E-state index in [1.54, 1.807) is 14.7 Å². The zero-order valence-corrected chi connectivity index (χ0v) is 20.7. The average molecular weight is 518 g/mol. The number of carboxylic acids is 3. The highest BCUT2D eigenvalue weighted by Gasteiger charge is 2.69. The number of aliphatic hydroxyl groups excluding tert-OH is 3. The minimum Gasteiger partial charge on any atom is -0.481 e. The lowest BCUT2D eigenvalue weighted by molar-refractivity contribution is -0.258. The lowest BCUT2D eigenvalue weighted by atomic mass is 9.58. The quantitative estimate of drug-likeness (QED) is 0.103. The maximum atomic E-state index is 12.1. The minimum absolute atomic E-state index is 0.0513. The van der Waals surface area contributed by atoms with Crippen molar-refractivity contribution < 1.29 is 49.8 Å². The molecule has 4 atom stereocenters. The Balaban J connectivity index is 2.27. The Morgan fingerprint density at radius 2 is 1.19 bits per heavy atom. The van der Waals surface area contributed by atoms with Gasteiger partial charge in [-0.25, -0.2) is 0 Å². The Morgan fingerprint density at radius 1 is 0.778 bits per heavy atom. The van der Waals surface area contributed by atoms with Crippen molar-refractivity contribution in [2.24, 2.45) is 5.41 Å². The first-order chi connectivity index (χ1) is 17.1. The van der Waals surface area contributed by atoms with Crippen molar-refractivity contribution in [1.82, 2.24) is 14.7 Å². The first-order valence-corrected chi connectivity index (χ1v) is 12.5. The molecule has 3 fully saturated rings. The molecule has 3 saturated heterocycles. The van der Waals surface area contributed by atoms with Crippen molar-refractivity contribution in [3.05, 3.63) is 0 Å². The van der Waals surface area contributed by atoms with E-state index < -0.39 is 85.6 Å². The number of rotatable bonds is 19. The minimum atomic E-state index is -1.98. The summed E-state index contributed by atoms with van der Waals surface area (Å²) in [6, 6.07) is -2.97. The fourth-order valence-electron chi connectivity index (χ4n) is 5.76. The Hall–Kier alpha value is -1.87. The van der Waals surface area contributed by atoms with E-state index in [0.717, 1.165) is 0 Å². The highest BCUT2D eigenvalue weighted by atomic mass is 16.5. The van der Waals surface area contributed by atoms with Crippen LogP contribution in [0.15, 0.2) is 0 Å². The summed E-state index contributed by atoms with van der Waals surface area (Å²) in [4.78, 5) is 41.1. The van der Waals surface area contributed by atoms with E-state index in [9.17, 15) is 45.0 Å². The number of aliphatic hydroxyl groups is 3. The molecule has 206 valence electrons. The monoisotopic (exact) mass is 517 g/mol. The molecule has 0 radical (unpaired) electrons. The number of hydrogen-bond donors (Lipinski definition) is 6. The van der Waals surface area contributed by atoms with Crippen molar-refractivity contribution in [3.63, 3.8) is 0 Å². The van der Waals surface area contributed by atoms with Crippen LogP contribution in [0.3, 0.4) is 0 Å².